The van der Waals surface area contributed by atoms with Crippen LogP contribution in [0.5, 0.6) is 5.88 Å². The van der Waals surface area contributed by atoms with Gasteiger partial charge in [-0.25, -0.2) is 9.37 Å². The molecule has 1 fully saturated rings. The maximum atomic E-state index is 14.6. The second kappa shape index (κ2) is 12.5. The van der Waals surface area contributed by atoms with Gasteiger partial charge in [0.1, 0.15) is 12.4 Å². The number of pyridine rings is 1. The third-order valence-electron chi connectivity index (χ3n) is 7.12. The average molecular weight is 525 g/mol. The molecule has 5 rings (SSSR count). The van der Waals surface area contributed by atoms with Crippen LogP contribution in [-0.4, -0.2) is 42.6 Å². The molecule has 0 radical (unpaired) electrons. The highest BCUT2D eigenvalue weighted by molar-refractivity contribution is 6.01. The van der Waals surface area contributed by atoms with Crippen molar-refractivity contribution in [3.05, 3.63) is 108 Å². The Kier molecular flexibility index (Phi) is 8.48. The predicted octanol–water partition coefficient (Wildman–Crippen LogP) is 5.73. The third kappa shape index (κ3) is 6.26. The van der Waals surface area contributed by atoms with Crippen LogP contribution >= 0.6 is 0 Å². The first-order chi connectivity index (χ1) is 19.1. The molecule has 2 aromatic carbocycles. The van der Waals surface area contributed by atoms with Gasteiger partial charge in [-0.05, 0) is 59.2 Å². The molecule has 4 aromatic rings. The lowest BCUT2D eigenvalue weighted by Crippen LogP contribution is -2.22. The van der Waals surface area contributed by atoms with E-state index in [1.807, 2.05) is 36.5 Å². The van der Waals surface area contributed by atoms with Crippen LogP contribution in [0.4, 0.5) is 4.39 Å². The third-order valence-corrected chi connectivity index (χ3v) is 7.12. The molecule has 0 saturated heterocycles. The summed E-state index contributed by atoms with van der Waals surface area (Å²) in [5.41, 5.74) is 6.26. The van der Waals surface area contributed by atoms with E-state index in [2.05, 4.69) is 50.9 Å². The topological polar surface area (TPSA) is 79.0 Å². The van der Waals surface area contributed by atoms with Crippen LogP contribution < -0.4 is 15.4 Å². The summed E-state index contributed by atoms with van der Waals surface area (Å²) >= 11 is 0. The number of aromatic nitrogens is 2. The van der Waals surface area contributed by atoms with Gasteiger partial charge in [-0.1, -0.05) is 48.9 Å². The summed E-state index contributed by atoms with van der Waals surface area (Å²) in [6, 6.07) is 20.3. The molecule has 200 valence electrons. The number of benzene rings is 2. The number of amides is 1. The van der Waals surface area contributed by atoms with Crippen molar-refractivity contribution in [2.24, 2.45) is 5.92 Å². The summed E-state index contributed by atoms with van der Waals surface area (Å²) < 4.78 is 20.4. The van der Waals surface area contributed by atoms with Crippen molar-refractivity contribution in [3.63, 3.8) is 0 Å². The number of hydrogen-bond acceptors (Lipinski definition) is 4. The number of H-pyrrole nitrogens is 1. The summed E-state index contributed by atoms with van der Waals surface area (Å²) in [6.45, 7) is 1.64. The van der Waals surface area contributed by atoms with Crippen molar-refractivity contribution in [3.8, 4) is 5.88 Å². The number of carbonyl (C=O) groups is 1. The van der Waals surface area contributed by atoms with E-state index in [4.69, 9.17) is 4.74 Å². The van der Waals surface area contributed by atoms with Crippen molar-refractivity contribution in [1.29, 1.82) is 0 Å². The molecule has 3 N–H and O–H groups in total. The van der Waals surface area contributed by atoms with Crippen molar-refractivity contribution >= 4 is 28.0 Å². The lowest BCUT2D eigenvalue weighted by molar-refractivity contribution is -0.116. The molecule has 7 heteroatoms. The van der Waals surface area contributed by atoms with E-state index in [-0.39, 0.29) is 11.7 Å². The molecule has 0 bridgehead atoms. The van der Waals surface area contributed by atoms with Gasteiger partial charge in [0, 0.05) is 61.1 Å². The number of nitrogens with one attached hydrogen (secondary N) is 3. The first kappa shape index (κ1) is 26.4. The zero-order valence-electron chi connectivity index (χ0n) is 22.0. The van der Waals surface area contributed by atoms with Crippen LogP contribution in [0.3, 0.4) is 0 Å². The number of carbonyl (C=O) groups excluding carboxylic acids is 1. The summed E-state index contributed by atoms with van der Waals surface area (Å²) in [5, 5.41) is 6.32. The summed E-state index contributed by atoms with van der Waals surface area (Å²) in [5.74, 6) is 0.596. The molecule has 0 spiro atoms. The van der Waals surface area contributed by atoms with E-state index in [1.54, 1.807) is 13.1 Å². The Hall–Kier alpha value is -4.23. The maximum absolute atomic E-state index is 14.6. The Morgan fingerprint density at radius 2 is 1.92 bits per heavy atom. The van der Waals surface area contributed by atoms with Crippen molar-refractivity contribution in [2.75, 3.05) is 26.7 Å². The van der Waals surface area contributed by atoms with E-state index < -0.39 is 0 Å². The maximum Gasteiger partial charge on any atom is 0.243 e. The SMILES string of the molecule is CNC(=O)/C=C/CNCCOc1ccc(/C(=C(\c2ccccc2)C2CCC2)c2ccc3[nH]cc(F)c3c2)cn1. The Bertz CT molecular complexity index is 1470. The van der Waals surface area contributed by atoms with Gasteiger partial charge in [0.25, 0.3) is 0 Å². The Labute approximate surface area is 228 Å². The smallest absolute Gasteiger partial charge is 0.243 e. The molecular formula is C32H33FN4O2. The monoisotopic (exact) mass is 524 g/mol. The zero-order chi connectivity index (χ0) is 27.0. The van der Waals surface area contributed by atoms with E-state index in [0.717, 1.165) is 35.1 Å². The first-order valence-corrected chi connectivity index (χ1v) is 13.4. The minimum atomic E-state index is -0.254. The Morgan fingerprint density at radius 1 is 1.10 bits per heavy atom. The van der Waals surface area contributed by atoms with Gasteiger partial charge in [0.2, 0.25) is 11.8 Å². The van der Waals surface area contributed by atoms with Crippen molar-refractivity contribution < 1.29 is 13.9 Å². The second-order valence-electron chi connectivity index (χ2n) is 9.63. The van der Waals surface area contributed by atoms with Crippen LogP contribution in [0.1, 0.15) is 36.0 Å². The molecule has 0 aliphatic heterocycles. The van der Waals surface area contributed by atoms with Gasteiger partial charge < -0.3 is 20.4 Å². The lowest BCUT2D eigenvalue weighted by atomic mass is 9.73. The summed E-state index contributed by atoms with van der Waals surface area (Å²) in [4.78, 5) is 18.8. The molecule has 1 aliphatic carbocycles. The molecule has 39 heavy (non-hydrogen) atoms. The standard InChI is InChI=1S/C32H33FN4O2/c1-34-29(38)11-6-16-35-17-18-39-30-15-13-25(20-37-30)32(24-12-14-28-26(19-24)27(33)21-36-28)31(23-9-5-10-23)22-7-3-2-4-8-22/h2-4,6-8,11-15,19-21,23,35-36H,5,9-10,16-18H2,1H3,(H,34,38)/b11-6+,32-31+. The minimum absolute atomic E-state index is 0.128. The number of aromatic amines is 1. The van der Waals surface area contributed by atoms with Crippen molar-refractivity contribution in [1.82, 2.24) is 20.6 Å². The zero-order valence-corrected chi connectivity index (χ0v) is 22.0. The predicted molar refractivity (Wildman–Crippen MR) is 154 cm³/mol. The molecule has 0 unspecified atom stereocenters. The lowest BCUT2D eigenvalue weighted by Gasteiger charge is -2.31. The Balaban J connectivity index is 1.41. The van der Waals surface area contributed by atoms with Crippen molar-refractivity contribution in [2.45, 2.75) is 19.3 Å². The van der Waals surface area contributed by atoms with E-state index in [9.17, 15) is 9.18 Å². The van der Waals surface area contributed by atoms with Gasteiger partial charge in [-0.2, -0.15) is 0 Å². The van der Waals surface area contributed by atoms with Crippen LogP contribution in [0, 0.1) is 11.7 Å². The van der Waals surface area contributed by atoms with E-state index in [0.29, 0.717) is 36.9 Å². The number of nitrogens with zero attached hydrogens (tertiary/aromatic N) is 1. The van der Waals surface area contributed by atoms with Crippen LogP contribution in [0.15, 0.2) is 85.2 Å². The fourth-order valence-electron chi connectivity index (χ4n) is 4.89. The van der Waals surface area contributed by atoms with E-state index in [1.165, 1.54) is 29.8 Å². The van der Waals surface area contributed by atoms with Gasteiger partial charge in [0.05, 0.1) is 0 Å². The summed E-state index contributed by atoms with van der Waals surface area (Å²) in [6.07, 6.45) is 9.99. The Morgan fingerprint density at radius 3 is 2.64 bits per heavy atom. The van der Waals surface area contributed by atoms with Gasteiger partial charge in [-0.15, -0.1) is 0 Å². The number of likely N-dealkylation sites (N-methyl/N-ethyl adjacent to an activating group) is 1. The normalized spacial score (nSPS) is 14.3. The number of ether oxygens (including phenoxy) is 1. The largest absolute Gasteiger partial charge is 0.476 e. The van der Waals surface area contributed by atoms with Crippen LogP contribution in [0.25, 0.3) is 22.0 Å². The fourth-order valence-corrected chi connectivity index (χ4v) is 4.89. The molecule has 0 atom stereocenters. The molecule has 6 nitrogen and oxygen atoms in total. The highest BCUT2D eigenvalue weighted by atomic mass is 19.1. The highest BCUT2D eigenvalue weighted by Crippen LogP contribution is 2.45. The van der Waals surface area contributed by atoms with Crippen LogP contribution in [0.2, 0.25) is 0 Å². The molecule has 1 amide bonds. The van der Waals surface area contributed by atoms with Gasteiger partial charge in [-0.3, -0.25) is 4.79 Å². The van der Waals surface area contributed by atoms with E-state index >= 15 is 0 Å². The second-order valence-corrected chi connectivity index (χ2v) is 9.63. The number of hydrogen-bond donors (Lipinski definition) is 3. The first-order valence-electron chi connectivity index (χ1n) is 13.4. The average Bonchev–Trinajstić information content (AvgIpc) is 3.32. The highest BCUT2D eigenvalue weighted by Gasteiger charge is 2.27. The number of halogens is 1. The molecule has 2 aromatic heterocycles. The fraction of sp³-hybridized carbons (Fsp3) is 0.250. The minimum Gasteiger partial charge on any atom is -0.476 e. The molecular weight excluding hydrogens is 491 g/mol. The number of fused-ring (bicyclic) bond motifs is 1. The molecule has 1 saturated carbocycles. The van der Waals surface area contributed by atoms with Gasteiger partial charge >= 0.3 is 0 Å². The molecule has 1 aliphatic rings. The summed E-state index contributed by atoms with van der Waals surface area (Å²) in [7, 11) is 1.60. The quantitative estimate of drug-likeness (QED) is 0.133. The molecule has 2 heterocycles. The van der Waals surface area contributed by atoms with Gasteiger partial charge in [0.15, 0.2) is 0 Å². The van der Waals surface area contributed by atoms with Crippen LogP contribution in [-0.2, 0) is 4.79 Å². The number of rotatable bonds is 11. The number of allylic oxidation sites excluding steroid dienone is 1.